The van der Waals surface area contributed by atoms with Crippen LogP contribution < -0.4 is 10.6 Å². The van der Waals surface area contributed by atoms with Gasteiger partial charge in [-0.1, -0.05) is 37.3 Å². The van der Waals surface area contributed by atoms with Crippen LogP contribution in [0, 0.1) is 0 Å². The Hall–Kier alpha value is -2.10. The normalized spacial score (nSPS) is 10.8. The van der Waals surface area contributed by atoms with Gasteiger partial charge in [0, 0.05) is 20.6 Å². The number of H-pyrrole nitrogens is 1. The molecule has 0 atom stereocenters. The van der Waals surface area contributed by atoms with Crippen molar-refractivity contribution < 1.29 is 4.79 Å². The highest BCUT2D eigenvalue weighted by Crippen LogP contribution is 2.16. The van der Waals surface area contributed by atoms with E-state index in [2.05, 4.69) is 25.6 Å². The number of halogens is 1. The molecule has 0 aliphatic heterocycles. The van der Waals surface area contributed by atoms with Crippen LogP contribution in [0.1, 0.15) is 19.2 Å². The summed E-state index contributed by atoms with van der Waals surface area (Å²) < 4.78 is 0. The van der Waals surface area contributed by atoms with Gasteiger partial charge >= 0.3 is 0 Å². The molecular formula is C18H27IN6O. The molecule has 0 spiro atoms. The first-order valence-corrected chi connectivity index (χ1v) is 8.41. The van der Waals surface area contributed by atoms with Gasteiger partial charge in [-0.3, -0.25) is 9.79 Å². The van der Waals surface area contributed by atoms with Crippen LogP contribution in [0.2, 0.25) is 0 Å². The molecular weight excluding hydrogens is 443 g/mol. The Morgan fingerprint density at radius 2 is 2.00 bits per heavy atom. The van der Waals surface area contributed by atoms with Crippen LogP contribution in [0.25, 0.3) is 11.3 Å². The van der Waals surface area contributed by atoms with Gasteiger partial charge in [0.15, 0.2) is 5.96 Å². The maximum atomic E-state index is 11.7. The number of hydrogen-bond donors (Lipinski definition) is 3. The monoisotopic (exact) mass is 470 g/mol. The summed E-state index contributed by atoms with van der Waals surface area (Å²) in [5.74, 6) is 1.44. The van der Waals surface area contributed by atoms with Gasteiger partial charge in [-0.2, -0.15) is 0 Å². The minimum absolute atomic E-state index is 0. The highest BCUT2D eigenvalue weighted by Gasteiger charge is 2.11. The van der Waals surface area contributed by atoms with E-state index in [9.17, 15) is 4.79 Å². The first kappa shape index (κ1) is 21.9. The summed E-state index contributed by atoms with van der Waals surface area (Å²) in [6.07, 6.45) is 2.75. The minimum Gasteiger partial charge on any atom is -0.355 e. The van der Waals surface area contributed by atoms with Crippen molar-refractivity contribution in [2.45, 2.75) is 19.9 Å². The predicted molar refractivity (Wildman–Crippen MR) is 116 cm³/mol. The Morgan fingerprint density at radius 1 is 1.27 bits per heavy atom. The zero-order valence-electron chi connectivity index (χ0n) is 15.5. The van der Waals surface area contributed by atoms with E-state index >= 15 is 0 Å². The summed E-state index contributed by atoms with van der Waals surface area (Å²) in [6.45, 7) is 3.46. The minimum atomic E-state index is -0.0410. The van der Waals surface area contributed by atoms with E-state index in [1.165, 1.54) is 0 Å². The van der Waals surface area contributed by atoms with Gasteiger partial charge in [-0.05, 0) is 12.0 Å². The van der Waals surface area contributed by atoms with Crippen molar-refractivity contribution in [1.29, 1.82) is 0 Å². The summed E-state index contributed by atoms with van der Waals surface area (Å²) in [7, 11) is 3.60. The Bertz CT molecular complexity index is 701. The molecule has 2 rings (SSSR count). The second-order valence-corrected chi connectivity index (χ2v) is 5.72. The fourth-order valence-electron chi connectivity index (χ4n) is 2.38. The highest BCUT2D eigenvalue weighted by molar-refractivity contribution is 14.0. The van der Waals surface area contributed by atoms with E-state index in [-0.39, 0.29) is 36.4 Å². The lowest BCUT2D eigenvalue weighted by Crippen LogP contribution is -2.43. The fraction of sp³-hybridized carbons (Fsp3) is 0.389. The van der Waals surface area contributed by atoms with Crippen molar-refractivity contribution in [3.8, 4) is 11.3 Å². The molecule has 0 aliphatic carbocycles. The molecule has 2 aromatic rings. The number of nitrogens with one attached hydrogen (secondary N) is 3. The second kappa shape index (κ2) is 11.5. The molecule has 3 N–H and O–H groups in total. The maximum Gasteiger partial charge on any atom is 0.239 e. The van der Waals surface area contributed by atoms with Gasteiger partial charge in [0.25, 0.3) is 0 Å². The van der Waals surface area contributed by atoms with Gasteiger partial charge < -0.3 is 20.5 Å². The molecule has 0 radical (unpaired) electrons. The third kappa shape index (κ3) is 6.66. The van der Waals surface area contributed by atoms with E-state index in [0.29, 0.717) is 19.0 Å². The zero-order valence-corrected chi connectivity index (χ0v) is 17.8. The van der Waals surface area contributed by atoms with E-state index in [4.69, 9.17) is 0 Å². The van der Waals surface area contributed by atoms with Crippen molar-refractivity contribution >= 4 is 35.8 Å². The predicted octanol–water partition coefficient (Wildman–Crippen LogP) is 2.23. The Labute approximate surface area is 171 Å². The van der Waals surface area contributed by atoms with E-state index in [0.717, 1.165) is 23.5 Å². The standard InChI is InChI=1S/C18H26N6O.HI/c1-4-10-20-17(25)12-22-18(19-2)24(3)13-16-21-11-15(23-16)14-8-6-5-7-9-14;/h5-9,11H,4,10,12-13H2,1-3H3,(H,19,22)(H,20,25)(H,21,23);1H. The van der Waals surface area contributed by atoms with Crippen LogP contribution in [0.4, 0.5) is 0 Å². The van der Waals surface area contributed by atoms with Gasteiger partial charge in [0.2, 0.25) is 5.91 Å². The molecule has 1 heterocycles. The Balaban J connectivity index is 0.00000338. The number of nitrogens with zero attached hydrogens (tertiary/aromatic N) is 3. The van der Waals surface area contributed by atoms with Gasteiger partial charge in [-0.15, -0.1) is 24.0 Å². The lowest BCUT2D eigenvalue weighted by molar-refractivity contribution is -0.120. The molecule has 1 amide bonds. The molecule has 142 valence electrons. The summed E-state index contributed by atoms with van der Waals surface area (Å²) in [4.78, 5) is 25.6. The highest BCUT2D eigenvalue weighted by atomic mass is 127. The third-order valence-corrected chi connectivity index (χ3v) is 3.65. The number of carbonyl (C=O) groups excluding carboxylic acids is 1. The van der Waals surface area contributed by atoms with E-state index < -0.39 is 0 Å². The number of imidazole rings is 1. The molecule has 1 aromatic carbocycles. The van der Waals surface area contributed by atoms with Crippen LogP contribution in [-0.2, 0) is 11.3 Å². The molecule has 8 heteroatoms. The van der Waals surface area contributed by atoms with Gasteiger partial charge in [0.05, 0.1) is 25.0 Å². The van der Waals surface area contributed by atoms with Crippen LogP contribution in [0.5, 0.6) is 0 Å². The number of guanidine groups is 1. The number of benzene rings is 1. The summed E-state index contributed by atoms with van der Waals surface area (Å²) in [5, 5.41) is 5.89. The molecule has 1 aromatic heterocycles. The first-order valence-electron chi connectivity index (χ1n) is 8.41. The molecule has 0 saturated heterocycles. The van der Waals surface area contributed by atoms with Crippen LogP contribution in [-0.4, -0.2) is 53.9 Å². The van der Waals surface area contributed by atoms with E-state index in [1.807, 2.05) is 55.4 Å². The van der Waals surface area contributed by atoms with Gasteiger partial charge in [0.1, 0.15) is 5.82 Å². The number of amides is 1. The molecule has 26 heavy (non-hydrogen) atoms. The van der Waals surface area contributed by atoms with Crippen molar-refractivity contribution in [1.82, 2.24) is 25.5 Å². The van der Waals surface area contributed by atoms with E-state index in [1.54, 1.807) is 7.05 Å². The third-order valence-electron chi connectivity index (χ3n) is 3.65. The van der Waals surface area contributed by atoms with Crippen molar-refractivity contribution in [2.24, 2.45) is 4.99 Å². The average Bonchev–Trinajstić information content (AvgIpc) is 3.09. The number of aromatic nitrogens is 2. The largest absolute Gasteiger partial charge is 0.355 e. The van der Waals surface area contributed by atoms with Crippen molar-refractivity contribution in [3.63, 3.8) is 0 Å². The summed E-state index contributed by atoms with van der Waals surface area (Å²) in [5.41, 5.74) is 2.07. The Morgan fingerprint density at radius 3 is 2.65 bits per heavy atom. The topological polar surface area (TPSA) is 85.4 Å². The SMILES string of the molecule is CCCNC(=O)CNC(=NC)N(C)Cc1ncc(-c2ccccc2)[nH]1.I. The smallest absolute Gasteiger partial charge is 0.239 e. The molecule has 0 unspecified atom stereocenters. The zero-order chi connectivity index (χ0) is 18.1. The fourth-order valence-corrected chi connectivity index (χ4v) is 2.38. The Kier molecular flexibility index (Phi) is 9.71. The molecule has 0 bridgehead atoms. The summed E-state index contributed by atoms with van der Waals surface area (Å²) in [6, 6.07) is 10.1. The number of aliphatic imine (C=N–C) groups is 1. The van der Waals surface area contributed by atoms with Crippen LogP contribution in [0.3, 0.4) is 0 Å². The maximum absolute atomic E-state index is 11.7. The lowest BCUT2D eigenvalue weighted by Gasteiger charge is -2.20. The number of hydrogen-bond acceptors (Lipinski definition) is 3. The second-order valence-electron chi connectivity index (χ2n) is 5.72. The molecule has 0 aliphatic rings. The molecule has 7 nitrogen and oxygen atoms in total. The van der Waals surface area contributed by atoms with Crippen LogP contribution >= 0.6 is 24.0 Å². The quantitative estimate of drug-likeness (QED) is 0.329. The average molecular weight is 470 g/mol. The van der Waals surface area contributed by atoms with Gasteiger partial charge in [-0.25, -0.2) is 4.98 Å². The first-order chi connectivity index (χ1) is 12.1. The van der Waals surface area contributed by atoms with Crippen LogP contribution in [0.15, 0.2) is 41.5 Å². The van der Waals surface area contributed by atoms with Crippen molar-refractivity contribution in [3.05, 3.63) is 42.4 Å². The summed E-state index contributed by atoms with van der Waals surface area (Å²) >= 11 is 0. The van der Waals surface area contributed by atoms with Crippen molar-refractivity contribution in [2.75, 3.05) is 27.2 Å². The molecule has 0 fully saturated rings. The number of carbonyl (C=O) groups is 1. The molecule has 0 saturated carbocycles. The number of rotatable bonds is 7. The number of aromatic amines is 1. The lowest BCUT2D eigenvalue weighted by atomic mass is 10.2.